The van der Waals surface area contributed by atoms with Crippen LogP contribution in [0.3, 0.4) is 0 Å². The Morgan fingerprint density at radius 1 is 1.23 bits per heavy atom. The van der Waals surface area contributed by atoms with Gasteiger partial charge >= 0.3 is 5.97 Å². The van der Waals surface area contributed by atoms with Crippen LogP contribution in [-0.4, -0.2) is 46.3 Å². The first-order valence-corrected chi connectivity index (χ1v) is 14.1. The van der Waals surface area contributed by atoms with E-state index in [-0.39, 0.29) is 35.3 Å². The van der Waals surface area contributed by atoms with Crippen LogP contribution in [0, 0.1) is 5.82 Å². The standard InChI is InChI=1S/C29H27BrClFN4O4/c1-40-26(39)13-16-6-7-18-21(12-16)34-24(37)5-3-2-4-23(29-33-15-22(18)35-29)36-11-10-17(14-25(36)38)27-19(30)8-9-20(31)28(27)32/h6-9,12,14-15,23H,2-5,10-11,13H2,1H3,(H,33,35)(H,34,37)/t23-/m0/s1. The maximum atomic E-state index is 14.8. The molecule has 11 heteroatoms. The predicted molar refractivity (Wildman–Crippen MR) is 153 cm³/mol. The zero-order valence-electron chi connectivity index (χ0n) is 21.7. The summed E-state index contributed by atoms with van der Waals surface area (Å²) in [5, 5.41) is 2.97. The Labute approximate surface area is 244 Å². The first-order valence-electron chi connectivity index (χ1n) is 12.9. The number of ether oxygens (including phenoxy) is 1. The number of nitrogens with one attached hydrogen (secondary N) is 2. The average Bonchev–Trinajstić information content (AvgIpc) is 3.41. The summed E-state index contributed by atoms with van der Waals surface area (Å²) in [6.07, 6.45) is 5.91. The molecular formula is C29H27BrClFN4O4. The molecule has 40 heavy (non-hydrogen) atoms. The molecule has 2 aliphatic rings. The number of hydrogen-bond donors (Lipinski definition) is 2. The van der Waals surface area contributed by atoms with Crippen molar-refractivity contribution >= 4 is 56.6 Å². The van der Waals surface area contributed by atoms with Crippen molar-refractivity contribution in [1.82, 2.24) is 14.9 Å². The number of benzene rings is 2. The second-order valence-corrected chi connectivity index (χ2v) is 11.1. The van der Waals surface area contributed by atoms with Crippen molar-refractivity contribution < 1.29 is 23.5 Å². The van der Waals surface area contributed by atoms with Gasteiger partial charge in [0.1, 0.15) is 11.6 Å². The number of esters is 1. The zero-order valence-corrected chi connectivity index (χ0v) is 24.1. The van der Waals surface area contributed by atoms with Crippen molar-refractivity contribution in [2.75, 3.05) is 19.0 Å². The van der Waals surface area contributed by atoms with Gasteiger partial charge in [0, 0.05) is 34.6 Å². The molecular weight excluding hydrogens is 603 g/mol. The number of imidazole rings is 1. The summed E-state index contributed by atoms with van der Waals surface area (Å²) in [6, 6.07) is 8.18. The SMILES string of the molecule is COC(=O)Cc1ccc2c(c1)NC(=O)CCCC[C@H](N1CCC(c3c(Br)ccc(Cl)c3F)=CC1=O)c1ncc-2[nH]1. The molecule has 3 heterocycles. The number of hydrogen-bond acceptors (Lipinski definition) is 5. The molecule has 0 saturated heterocycles. The molecule has 2 aromatic carbocycles. The monoisotopic (exact) mass is 628 g/mol. The Morgan fingerprint density at radius 3 is 2.83 bits per heavy atom. The number of methoxy groups -OCH3 is 1. The lowest BCUT2D eigenvalue weighted by Crippen LogP contribution is -2.38. The Morgan fingerprint density at radius 2 is 2.05 bits per heavy atom. The molecule has 0 unspecified atom stereocenters. The van der Waals surface area contributed by atoms with Crippen LogP contribution in [0.1, 0.15) is 55.1 Å². The second-order valence-electron chi connectivity index (χ2n) is 9.79. The van der Waals surface area contributed by atoms with E-state index in [9.17, 15) is 18.8 Å². The third-order valence-electron chi connectivity index (χ3n) is 7.21. The highest BCUT2D eigenvalue weighted by Gasteiger charge is 2.31. The van der Waals surface area contributed by atoms with Crippen molar-refractivity contribution in [1.29, 1.82) is 0 Å². The van der Waals surface area contributed by atoms with Gasteiger partial charge in [-0.1, -0.05) is 46.1 Å². The first-order chi connectivity index (χ1) is 19.2. The molecule has 5 rings (SSSR count). The Bertz CT molecular complexity index is 1520. The normalized spacial score (nSPS) is 17.8. The summed E-state index contributed by atoms with van der Waals surface area (Å²) in [5.74, 6) is -0.680. The molecule has 2 bridgehead atoms. The van der Waals surface area contributed by atoms with Crippen LogP contribution in [0.2, 0.25) is 5.02 Å². The smallest absolute Gasteiger partial charge is 0.309 e. The third kappa shape index (κ3) is 5.83. The molecule has 2 amide bonds. The van der Waals surface area contributed by atoms with Crippen LogP contribution >= 0.6 is 27.5 Å². The van der Waals surface area contributed by atoms with Crippen molar-refractivity contribution in [3.05, 3.63) is 74.9 Å². The van der Waals surface area contributed by atoms with Gasteiger partial charge in [0.2, 0.25) is 11.8 Å². The van der Waals surface area contributed by atoms with Crippen molar-refractivity contribution in [3.8, 4) is 11.3 Å². The summed E-state index contributed by atoms with van der Waals surface area (Å²) >= 11 is 9.39. The van der Waals surface area contributed by atoms with Crippen LogP contribution in [0.4, 0.5) is 10.1 Å². The van der Waals surface area contributed by atoms with Crippen LogP contribution in [0.15, 0.2) is 47.1 Å². The maximum absolute atomic E-state index is 14.8. The largest absolute Gasteiger partial charge is 0.469 e. The van der Waals surface area contributed by atoms with Gasteiger partial charge in [-0.2, -0.15) is 0 Å². The third-order valence-corrected chi connectivity index (χ3v) is 8.16. The van der Waals surface area contributed by atoms with E-state index in [2.05, 4.69) is 31.2 Å². The van der Waals surface area contributed by atoms with Gasteiger partial charge in [0.05, 0.1) is 42.2 Å². The first kappa shape index (κ1) is 28.0. The number of carbonyl (C=O) groups excluding carboxylic acids is 3. The van der Waals surface area contributed by atoms with Gasteiger partial charge in [-0.15, -0.1) is 0 Å². The van der Waals surface area contributed by atoms with E-state index in [1.54, 1.807) is 29.3 Å². The van der Waals surface area contributed by atoms with E-state index in [1.807, 2.05) is 6.07 Å². The number of H-pyrrole nitrogens is 1. The average molecular weight is 630 g/mol. The number of carbonyl (C=O) groups is 3. The summed E-state index contributed by atoms with van der Waals surface area (Å²) in [5.41, 5.74) is 3.54. The van der Waals surface area contributed by atoms with Gasteiger partial charge < -0.3 is 19.9 Å². The Balaban J connectivity index is 1.47. The van der Waals surface area contributed by atoms with E-state index in [0.717, 1.165) is 0 Å². The number of amides is 2. The second kappa shape index (κ2) is 11.9. The maximum Gasteiger partial charge on any atom is 0.309 e. The van der Waals surface area contributed by atoms with Crippen LogP contribution in [-0.2, 0) is 25.5 Å². The molecule has 0 fully saturated rings. The molecule has 1 atom stereocenters. The van der Waals surface area contributed by atoms with Crippen LogP contribution < -0.4 is 5.32 Å². The highest BCUT2D eigenvalue weighted by Crippen LogP contribution is 2.38. The molecule has 0 radical (unpaired) electrons. The number of halogens is 3. The van der Waals surface area contributed by atoms with E-state index in [4.69, 9.17) is 16.3 Å². The predicted octanol–water partition coefficient (Wildman–Crippen LogP) is 6.22. The van der Waals surface area contributed by atoms with Crippen LogP contribution in [0.5, 0.6) is 0 Å². The lowest BCUT2D eigenvalue weighted by atomic mass is 9.96. The molecule has 3 aromatic rings. The number of anilines is 1. The molecule has 8 nitrogen and oxygen atoms in total. The van der Waals surface area contributed by atoms with E-state index in [0.29, 0.717) is 82.6 Å². The van der Waals surface area contributed by atoms with E-state index >= 15 is 0 Å². The van der Waals surface area contributed by atoms with Gasteiger partial charge in [-0.3, -0.25) is 14.4 Å². The van der Waals surface area contributed by atoms with E-state index < -0.39 is 5.82 Å². The molecule has 2 N–H and O–H groups in total. The zero-order chi connectivity index (χ0) is 28.4. The fraction of sp³-hybridized carbons (Fsp3) is 0.310. The molecule has 208 valence electrons. The number of nitrogens with zero attached hydrogens (tertiary/aromatic N) is 2. The summed E-state index contributed by atoms with van der Waals surface area (Å²) in [7, 11) is 1.33. The minimum absolute atomic E-state index is 0.00172. The van der Waals surface area contributed by atoms with Gasteiger partial charge in [-0.05, 0) is 48.6 Å². The molecule has 0 spiro atoms. The quantitative estimate of drug-likeness (QED) is 0.264. The van der Waals surface area contributed by atoms with Crippen molar-refractivity contribution in [2.45, 2.75) is 44.6 Å². The number of fused-ring (bicyclic) bond motifs is 4. The summed E-state index contributed by atoms with van der Waals surface area (Å²) < 4.78 is 20.2. The highest BCUT2D eigenvalue weighted by atomic mass is 79.9. The van der Waals surface area contributed by atoms with Crippen molar-refractivity contribution in [2.24, 2.45) is 0 Å². The fourth-order valence-corrected chi connectivity index (χ4v) is 5.90. The number of aromatic amines is 1. The van der Waals surface area contributed by atoms with Gasteiger partial charge in [0.25, 0.3) is 0 Å². The minimum atomic E-state index is -0.558. The molecule has 0 saturated carbocycles. The lowest BCUT2D eigenvalue weighted by Gasteiger charge is -2.33. The minimum Gasteiger partial charge on any atom is -0.469 e. The van der Waals surface area contributed by atoms with Crippen LogP contribution in [0.25, 0.3) is 16.8 Å². The van der Waals surface area contributed by atoms with E-state index in [1.165, 1.54) is 19.3 Å². The Kier molecular flexibility index (Phi) is 8.37. The topological polar surface area (TPSA) is 104 Å². The summed E-state index contributed by atoms with van der Waals surface area (Å²) in [4.78, 5) is 47.7. The lowest BCUT2D eigenvalue weighted by molar-refractivity contribution is -0.139. The Hall–Kier alpha value is -3.50. The van der Waals surface area contributed by atoms with Gasteiger partial charge in [-0.25, -0.2) is 9.37 Å². The van der Waals surface area contributed by atoms with Gasteiger partial charge in [0.15, 0.2) is 0 Å². The van der Waals surface area contributed by atoms with Crippen molar-refractivity contribution in [3.63, 3.8) is 0 Å². The molecule has 1 aromatic heterocycles. The fourth-order valence-electron chi connectivity index (χ4n) is 5.18. The molecule has 2 aliphatic heterocycles. The number of aromatic nitrogens is 2. The highest BCUT2D eigenvalue weighted by molar-refractivity contribution is 9.10. The number of rotatable bonds is 4. The molecule has 0 aliphatic carbocycles. The summed E-state index contributed by atoms with van der Waals surface area (Å²) in [6.45, 7) is 0.373.